The van der Waals surface area contributed by atoms with Crippen LogP contribution >= 0.6 is 0 Å². The Bertz CT molecular complexity index is 1230. The maximum Gasteiger partial charge on any atom is 0.0738 e. The van der Waals surface area contributed by atoms with Crippen LogP contribution in [0.3, 0.4) is 0 Å². The van der Waals surface area contributed by atoms with Gasteiger partial charge < -0.3 is 0 Å². The number of benzene rings is 3. The molecule has 0 spiro atoms. The lowest BCUT2D eigenvalue weighted by molar-refractivity contribution is 1.34. The molecule has 0 aliphatic carbocycles. The maximum atomic E-state index is 4.92. The van der Waals surface area contributed by atoms with Gasteiger partial charge in [-0.1, -0.05) is 66.7 Å². The van der Waals surface area contributed by atoms with E-state index in [0.29, 0.717) is 0 Å². The lowest BCUT2D eigenvalue weighted by atomic mass is 10.0. The first-order valence-electron chi connectivity index (χ1n) is 9.53. The summed E-state index contributed by atoms with van der Waals surface area (Å²) in [6.07, 6.45) is 0. The lowest BCUT2D eigenvalue weighted by Gasteiger charge is -2.09. The molecule has 0 N–H and O–H groups in total. The highest BCUT2D eigenvalue weighted by Crippen LogP contribution is 2.28. The van der Waals surface area contributed by atoms with Gasteiger partial charge in [0.05, 0.1) is 22.4 Å². The summed E-state index contributed by atoms with van der Waals surface area (Å²) in [6, 6.07) is 29.6. The molecular formula is C26H20N2. The monoisotopic (exact) mass is 360 g/mol. The summed E-state index contributed by atoms with van der Waals surface area (Å²) in [5.74, 6) is 0. The van der Waals surface area contributed by atoms with Crippen molar-refractivity contribution in [1.82, 2.24) is 9.97 Å². The van der Waals surface area contributed by atoms with Crippen molar-refractivity contribution in [3.8, 4) is 22.5 Å². The van der Waals surface area contributed by atoms with Gasteiger partial charge in [0.2, 0.25) is 0 Å². The van der Waals surface area contributed by atoms with Gasteiger partial charge in [0, 0.05) is 21.9 Å². The van der Waals surface area contributed by atoms with Gasteiger partial charge in [-0.25, -0.2) is 9.97 Å². The van der Waals surface area contributed by atoms with Crippen molar-refractivity contribution in [3.63, 3.8) is 0 Å². The first kappa shape index (κ1) is 16.6. The molecule has 0 amide bonds. The Morgan fingerprint density at radius 2 is 0.964 bits per heavy atom. The topological polar surface area (TPSA) is 25.8 Å². The molecule has 0 unspecified atom stereocenters. The van der Waals surface area contributed by atoms with Gasteiger partial charge in [-0.3, -0.25) is 0 Å². The Labute approximate surface area is 164 Å². The molecule has 134 valence electrons. The SMILES string of the molecule is Cc1cccc2ccc(-c3cccc(-c4ccc5cccc(C)c5n4)c3)nc12. The van der Waals surface area contributed by atoms with Crippen molar-refractivity contribution in [2.45, 2.75) is 13.8 Å². The van der Waals surface area contributed by atoms with Crippen LogP contribution in [-0.2, 0) is 0 Å². The number of pyridine rings is 2. The Balaban J connectivity index is 1.62. The van der Waals surface area contributed by atoms with Crippen LogP contribution in [0, 0.1) is 13.8 Å². The zero-order valence-corrected chi connectivity index (χ0v) is 16.0. The number of para-hydroxylation sites is 2. The third-order valence-corrected chi connectivity index (χ3v) is 5.30. The smallest absolute Gasteiger partial charge is 0.0738 e. The molecule has 5 aromatic rings. The highest BCUT2D eigenvalue weighted by molar-refractivity contribution is 5.86. The molecule has 0 saturated heterocycles. The molecule has 28 heavy (non-hydrogen) atoms. The van der Waals surface area contributed by atoms with Gasteiger partial charge in [0.1, 0.15) is 0 Å². The summed E-state index contributed by atoms with van der Waals surface area (Å²) in [4.78, 5) is 9.85. The largest absolute Gasteiger partial charge is 0.248 e. The number of nitrogens with zero attached hydrogens (tertiary/aromatic N) is 2. The molecule has 0 aliphatic rings. The number of fused-ring (bicyclic) bond motifs is 2. The summed E-state index contributed by atoms with van der Waals surface area (Å²) in [5, 5.41) is 2.35. The van der Waals surface area contributed by atoms with Crippen molar-refractivity contribution in [2.24, 2.45) is 0 Å². The molecule has 0 saturated carbocycles. The Morgan fingerprint density at radius 3 is 1.46 bits per heavy atom. The second-order valence-corrected chi connectivity index (χ2v) is 7.27. The second kappa shape index (κ2) is 6.58. The quantitative estimate of drug-likeness (QED) is 0.349. The summed E-state index contributed by atoms with van der Waals surface area (Å²) in [7, 11) is 0. The third kappa shape index (κ3) is 2.84. The molecule has 0 radical (unpaired) electrons. The van der Waals surface area contributed by atoms with E-state index in [4.69, 9.17) is 9.97 Å². The minimum atomic E-state index is 0.987. The molecule has 2 heterocycles. The lowest BCUT2D eigenvalue weighted by Crippen LogP contribution is -1.90. The minimum Gasteiger partial charge on any atom is -0.248 e. The van der Waals surface area contributed by atoms with Gasteiger partial charge >= 0.3 is 0 Å². The van der Waals surface area contributed by atoms with E-state index >= 15 is 0 Å². The minimum absolute atomic E-state index is 0.987. The fourth-order valence-corrected chi connectivity index (χ4v) is 3.75. The molecular weight excluding hydrogens is 340 g/mol. The number of rotatable bonds is 2. The molecule has 2 nitrogen and oxygen atoms in total. The number of hydrogen-bond donors (Lipinski definition) is 0. The van der Waals surface area contributed by atoms with Crippen molar-refractivity contribution < 1.29 is 0 Å². The Hall–Kier alpha value is -3.52. The molecule has 2 aromatic heterocycles. The zero-order valence-electron chi connectivity index (χ0n) is 16.0. The number of hydrogen-bond acceptors (Lipinski definition) is 2. The highest BCUT2D eigenvalue weighted by Gasteiger charge is 2.07. The fraction of sp³-hybridized carbons (Fsp3) is 0.0769. The Kier molecular flexibility index (Phi) is 3.91. The molecule has 0 fully saturated rings. The van der Waals surface area contributed by atoms with Gasteiger partial charge in [-0.05, 0) is 43.2 Å². The van der Waals surface area contributed by atoms with Crippen LogP contribution in [0.1, 0.15) is 11.1 Å². The van der Waals surface area contributed by atoms with Crippen molar-refractivity contribution in [2.75, 3.05) is 0 Å². The number of aryl methyl sites for hydroxylation is 2. The van der Waals surface area contributed by atoms with E-state index < -0.39 is 0 Å². The van der Waals surface area contributed by atoms with Crippen LogP contribution in [0.5, 0.6) is 0 Å². The summed E-state index contributed by atoms with van der Waals surface area (Å²) in [5.41, 5.74) is 8.70. The Morgan fingerprint density at radius 1 is 0.500 bits per heavy atom. The summed E-state index contributed by atoms with van der Waals surface area (Å²) < 4.78 is 0. The molecule has 2 heteroatoms. The van der Waals surface area contributed by atoms with Gasteiger partial charge in [-0.15, -0.1) is 0 Å². The van der Waals surface area contributed by atoms with Gasteiger partial charge in [-0.2, -0.15) is 0 Å². The van der Waals surface area contributed by atoms with Gasteiger partial charge in [0.15, 0.2) is 0 Å². The van der Waals surface area contributed by atoms with E-state index in [1.165, 1.54) is 21.9 Å². The average molecular weight is 360 g/mol. The predicted molar refractivity (Wildman–Crippen MR) is 117 cm³/mol. The van der Waals surface area contributed by atoms with Gasteiger partial charge in [0.25, 0.3) is 0 Å². The van der Waals surface area contributed by atoms with Crippen LogP contribution < -0.4 is 0 Å². The van der Waals surface area contributed by atoms with E-state index in [-0.39, 0.29) is 0 Å². The summed E-state index contributed by atoms with van der Waals surface area (Å²) in [6.45, 7) is 4.22. The molecule has 5 rings (SSSR count). The maximum absolute atomic E-state index is 4.92. The molecule has 3 aromatic carbocycles. The predicted octanol–water partition coefficient (Wildman–Crippen LogP) is 6.73. The van der Waals surface area contributed by atoms with Crippen molar-refractivity contribution >= 4 is 21.8 Å². The van der Waals surface area contributed by atoms with Crippen molar-refractivity contribution in [1.29, 1.82) is 0 Å². The standard InChI is InChI=1S/C26H20N2/c1-17-6-3-8-19-12-14-23(27-25(17)19)21-10-5-11-22(16-21)24-15-13-20-9-4-7-18(2)26(20)28-24/h3-16H,1-2H3. The molecule has 0 atom stereocenters. The zero-order chi connectivity index (χ0) is 19.1. The summed E-state index contributed by atoms with van der Waals surface area (Å²) >= 11 is 0. The van der Waals surface area contributed by atoms with E-state index in [1.54, 1.807) is 0 Å². The third-order valence-electron chi connectivity index (χ3n) is 5.30. The van der Waals surface area contributed by atoms with E-state index in [1.807, 2.05) is 0 Å². The molecule has 0 aliphatic heterocycles. The van der Waals surface area contributed by atoms with Crippen LogP contribution in [0.25, 0.3) is 44.3 Å². The van der Waals surface area contributed by atoms with Crippen LogP contribution in [0.2, 0.25) is 0 Å². The average Bonchev–Trinajstić information content (AvgIpc) is 2.74. The first-order chi connectivity index (χ1) is 13.7. The van der Waals surface area contributed by atoms with Crippen LogP contribution in [0.15, 0.2) is 84.9 Å². The van der Waals surface area contributed by atoms with E-state index in [0.717, 1.165) is 33.5 Å². The first-order valence-corrected chi connectivity index (χ1v) is 9.53. The normalized spacial score (nSPS) is 11.2. The molecule has 0 bridgehead atoms. The van der Waals surface area contributed by atoms with E-state index in [9.17, 15) is 0 Å². The van der Waals surface area contributed by atoms with Crippen molar-refractivity contribution in [3.05, 3.63) is 96.1 Å². The van der Waals surface area contributed by atoms with Crippen LogP contribution in [-0.4, -0.2) is 9.97 Å². The highest BCUT2D eigenvalue weighted by atomic mass is 14.7. The fourth-order valence-electron chi connectivity index (χ4n) is 3.75. The van der Waals surface area contributed by atoms with Crippen LogP contribution in [0.4, 0.5) is 0 Å². The number of aromatic nitrogens is 2. The second-order valence-electron chi connectivity index (χ2n) is 7.27. The van der Waals surface area contributed by atoms with E-state index in [2.05, 4.69) is 98.8 Å².